The highest BCUT2D eigenvalue weighted by molar-refractivity contribution is 6.31. The van der Waals surface area contributed by atoms with E-state index in [0.29, 0.717) is 6.04 Å². The Hall–Kier alpha value is -0.530. The van der Waals surface area contributed by atoms with Crippen molar-refractivity contribution in [2.75, 3.05) is 6.54 Å². The zero-order valence-corrected chi connectivity index (χ0v) is 12.2. The second-order valence-electron chi connectivity index (χ2n) is 5.78. The molecule has 0 aliphatic heterocycles. The molecule has 0 aromatic heterocycles. The fourth-order valence-electron chi connectivity index (χ4n) is 2.81. The predicted octanol–water partition coefficient (Wildman–Crippen LogP) is 4.82. The first-order valence-corrected chi connectivity index (χ1v) is 7.52. The fourth-order valence-corrected chi connectivity index (χ4v) is 3.11. The summed E-state index contributed by atoms with van der Waals surface area (Å²) < 4.78 is 0. The average Bonchev–Trinajstić information content (AvgIpc) is 2.38. The van der Waals surface area contributed by atoms with Crippen LogP contribution in [0.25, 0.3) is 0 Å². The Bertz CT molecular complexity index is 369. The van der Waals surface area contributed by atoms with E-state index in [-0.39, 0.29) is 0 Å². The minimum absolute atomic E-state index is 0.345. The number of hydrogen-bond acceptors (Lipinski definition) is 1. The van der Waals surface area contributed by atoms with Crippen LogP contribution in [0.1, 0.15) is 51.1 Å². The zero-order valence-electron chi connectivity index (χ0n) is 11.5. The van der Waals surface area contributed by atoms with Crippen LogP contribution in [-0.4, -0.2) is 6.54 Å². The Kier molecular flexibility index (Phi) is 5.08. The van der Waals surface area contributed by atoms with Gasteiger partial charge in [-0.2, -0.15) is 0 Å². The standard InChI is InChI=1S/C16H24ClN/c1-12-7-9-14(10-8-12)11-18-13(2)15-5-3-4-6-16(15)17/h3-6,12-14,18H,7-11H2,1-2H3/t12?,13-,14?/m1/s1. The molecule has 1 nitrogen and oxygen atoms in total. The third kappa shape index (κ3) is 3.73. The molecule has 0 heterocycles. The first-order chi connectivity index (χ1) is 8.66. The van der Waals surface area contributed by atoms with Gasteiger partial charge >= 0.3 is 0 Å². The molecule has 0 spiro atoms. The summed E-state index contributed by atoms with van der Waals surface area (Å²) >= 11 is 6.22. The highest BCUT2D eigenvalue weighted by atomic mass is 35.5. The van der Waals surface area contributed by atoms with E-state index < -0.39 is 0 Å². The van der Waals surface area contributed by atoms with Gasteiger partial charge in [0.25, 0.3) is 0 Å². The SMILES string of the molecule is CC1CCC(CN[C@H](C)c2ccccc2Cl)CC1. The van der Waals surface area contributed by atoms with Crippen molar-refractivity contribution in [3.63, 3.8) is 0 Å². The summed E-state index contributed by atoms with van der Waals surface area (Å²) in [7, 11) is 0. The number of hydrogen-bond donors (Lipinski definition) is 1. The van der Waals surface area contributed by atoms with Gasteiger partial charge in [0.1, 0.15) is 0 Å². The second kappa shape index (κ2) is 6.58. The molecule has 1 aromatic carbocycles. The summed E-state index contributed by atoms with van der Waals surface area (Å²) in [5, 5.41) is 4.51. The maximum atomic E-state index is 6.22. The van der Waals surface area contributed by atoms with Crippen molar-refractivity contribution in [3.05, 3.63) is 34.9 Å². The van der Waals surface area contributed by atoms with Crippen LogP contribution in [-0.2, 0) is 0 Å². The van der Waals surface area contributed by atoms with Crippen LogP contribution in [0.4, 0.5) is 0 Å². The van der Waals surface area contributed by atoms with Crippen molar-refractivity contribution in [1.29, 1.82) is 0 Å². The molecule has 1 saturated carbocycles. The van der Waals surface area contributed by atoms with Gasteiger partial charge in [0.05, 0.1) is 0 Å². The highest BCUT2D eigenvalue weighted by Crippen LogP contribution is 2.28. The molecule has 1 atom stereocenters. The Morgan fingerprint density at radius 1 is 1.22 bits per heavy atom. The minimum Gasteiger partial charge on any atom is -0.310 e. The van der Waals surface area contributed by atoms with Gasteiger partial charge in [-0.15, -0.1) is 0 Å². The van der Waals surface area contributed by atoms with Crippen LogP contribution < -0.4 is 5.32 Å². The van der Waals surface area contributed by atoms with Crippen molar-refractivity contribution >= 4 is 11.6 Å². The van der Waals surface area contributed by atoms with Gasteiger partial charge in [0.15, 0.2) is 0 Å². The topological polar surface area (TPSA) is 12.0 Å². The van der Waals surface area contributed by atoms with E-state index in [4.69, 9.17) is 11.6 Å². The molecule has 2 heteroatoms. The van der Waals surface area contributed by atoms with Gasteiger partial charge in [-0.25, -0.2) is 0 Å². The molecule has 1 aliphatic carbocycles. The van der Waals surface area contributed by atoms with Gasteiger partial charge in [-0.1, -0.05) is 49.6 Å². The van der Waals surface area contributed by atoms with Crippen molar-refractivity contribution in [2.24, 2.45) is 11.8 Å². The molecular formula is C16H24ClN. The van der Waals surface area contributed by atoms with Crippen LogP contribution in [0.3, 0.4) is 0 Å². The number of nitrogens with one attached hydrogen (secondary N) is 1. The zero-order chi connectivity index (χ0) is 13.0. The molecule has 1 aliphatic rings. The quantitative estimate of drug-likeness (QED) is 0.823. The molecule has 18 heavy (non-hydrogen) atoms. The molecule has 1 N–H and O–H groups in total. The van der Waals surface area contributed by atoms with Crippen molar-refractivity contribution in [1.82, 2.24) is 5.32 Å². The lowest BCUT2D eigenvalue weighted by Crippen LogP contribution is -2.28. The largest absolute Gasteiger partial charge is 0.310 e. The fraction of sp³-hybridized carbons (Fsp3) is 0.625. The van der Waals surface area contributed by atoms with Crippen LogP contribution in [0, 0.1) is 11.8 Å². The smallest absolute Gasteiger partial charge is 0.0453 e. The Balaban J connectivity index is 1.81. The first kappa shape index (κ1) is 13.9. The van der Waals surface area contributed by atoms with Gasteiger partial charge in [0, 0.05) is 11.1 Å². The molecule has 0 unspecified atom stereocenters. The van der Waals surface area contributed by atoms with Gasteiger partial charge in [0.2, 0.25) is 0 Å². The monoisotopic (exact) mass is 265 g/mol. The average molecular weight is 266 g/mol. The molecule has 1 fully saturated rings. The lowest BCUT2D eigenvalue weighted by molar-refractivity contribution is 0.276. The third-order valence-electron chi connectivity index (χ3n) is 4.22. The minimum atomic E-state index is 0.345. The molecular weight excluding hydrogens is 242 g/mol. The van der Waals surface area contributed by atoms with Gasteiger partial charge in [-0.3, -0.25) is 0 Å². The van der Waals surface area contributed by atoms with Crippen LogP contribution in [0.2, 0.25) is 5.02 Å². The molecule has 0 bridgehead atoms. The van der Waals surface area contributed by atoms with Gasteiger partial charge < -0.3 is 5.32 Å². The van der Waals surface area contributed by atoms with E-state index >= 15 is 0 Å². The van der Waals surface area contributed by atoms with E-state index in [1.165, 1.54) is 31.2 Å². The van der Waals surface area contributed by atoms with E-state index in [9.17, 15) is 0 Å². The molecule has 2 rings (SSSR count). The Morgan fingerprint density at radius 3 is 2.56 bits per heavy atom. The summed E-state index contributed by atoms with van der Waals surface area (Å²) in [5.41, 5.74) is 1.21. The molecule has 0 radical (unpaired) electrons. The van der Waals surface area contributed by atoms with E-state index in [2.05, 4.69) is 31.3 Å². The number of rotatable bonds is 4. The van der Waals surface area contributed by atoms with Crippen molar-refractivity contribution in [2.45, 2.75) is 45.6 Å². The summed E-state index contributed by atoms with van der Waals surface area (Å²) in [6, 6.07) is 8.47. The third-order valence-corrected chi connectivity index (χ3v) is 4.56. The second-order valence-corrected chi connectivity index (χ2v) is 6.18. The Labute approximate surface area is 116 Å². The maximum Gasteiger partial charge on any atom is 0.0453 e. The van der Waals surface area contributed by atoms with Crippen LogP contribution in [0.5, 0.6) is 0 Å². The molecule has 0 saturated heterocycles. The van der Waals surface area contributed by atoms with Crippen LogP contribution >= 0.6 is 11.6 Å². The molecule has 100 valence electrons. The van der Waals surface area contributed by atoms with Gasteiger partial charge in [-0.05, 0) is 49.8 Å². The van der Waals surface area contributed by atoms with E-state index in [1.807, 2.05) is 12.1 Å². The van der Waals surface area contributed by atoms with E-state index in [1.54, 1.807) is 0 Å². The van der Waals surface area contributed by atoms with Crippen molar-refractivity contribution in [3.8, 4) is 0 Å². The maximum absolute atomic E-state index is 6.22. The number of halogens is 1. The molecule has 1 aromatic rings. The van der Waals surface area contributed by atoms with E-state index in [0.717, 1.165) is 23.4 Å². The summed E-state index contributed by atoms with van der Waals surface area (Å²) in [4.78, 5) is 0. The lowest BCUT2D eigenvalue weighted by atomic mass is 9.83. The van der Waals surface area contributed by atoms with Crippen LogP contribution in [0.15, 0.2) is 24.3 Å². The highest BCUT2D eigenvalue weighted by Gasteiger charge is 2.19. The summed E-state index contributed by atoms with van der Waals surface area (Å²) in [6.45, 7) is 5.70. The molecule has 0 amide bonds. The van der Waals surface area contributed by atoms with Crippen molar-refractivity contribution < 1.29 is 0 Å². The summed E-state index contributed by atoms with van der Waals surface area (Å²) in [5.74, 6) is 1.79. The Morgan fingerprint density at radius 2 is 1.89 bits per heavy atom. The normalized spacial score (nSPS) is 25.9. The summed E-state index contributed by atoms with van der Waals surface area (Å²) in [6.07, 6.45) is 5.55. The first-order valence-electron chi connectivity index (χ1n) is 7.14. The predicted molar refractivity (Wildman–Crippen MR) is 79.0 cm³/mol. The number of benzene rings is 1. The lowest BCUT2D eigenvalue weighted by Gasteiger charge is -2.27.